The Morgan fingerprint density at radius 3 is 2.81 bits per heavy atom. The second kappa shape index (κ2) is 6.27. The van der Waals surface area contributed by atoms with Crippen molar-refractivity contribution in [3.63, 3.8) is 0 Å². The number of nitrogens with one attached hydrogen (secondary N) is 2. The van der Waals surface area contributed by atoms with Gasteiger partial charge in [-0.15, -0.1) is 10.2 Å². The standard InChI is InChI=1S/C12H13N5O3S/c1-3-13-12-16-15-11(21-12)10(18)14-8-4-5-9(17(19)20)7(2)6-8/h4-6H,3H2,1-2H3,(H,13,16)(H,14,18). The van der Waals surface area contributed by atoms with Gasteiger partial charge in [0.05, 0.1) is 4.92 Å². The van der Waals surface area contributed by atoms with Crippen molar-refractivity contribution in [2.75, 3.05) is 17.2 Å². The maximum Gasteiger partial charge on any atom is 0.286 e. The monoisotopic (exact) mass is 307 g/mol. The van der Waals surface area contributed by atoms with E-state index in [9.17, 15) is 14.9 Å². The van der Waals surface area contributed by atoms with Crippen LogP contribution in [0.4, 0.5) is 16.5 Å². The SMILES string of the molecule is CCNc1nnc(C(=O)Nc2ccc([N+](=O)[O-])c(C)c2)s1. The van der Waals surface area contributed by atoms with Crippen LogP contribution >= 0.6 is 11.3 Å². The molecule has 2 N–H and O–H groups in total. The lowest BCUT2D eigenvalue weighted by atomic mass is 10.2. The molecular formula is C12H13N5O3S. The van der Waals surface area contributed by atoms with Gasteiger partial charge in [0.2, 0.25) is 10.1 Å². The number of aryl methyl sites for hydroxylation is 1. The van der Waals surface area contributed by atoms with Crippen molar-refractivity contribution in [2.45, 2.75) is 13.8 Å². The molecule has 110 valence electrons. The van der Waals surface area contributed by atoms with Crippen LogP contribution in [0.2, 0.25) is 0 Å². The summed E-state index contributed by atoms with van der Waals surface area (Å²) < 4.78 is 0. The highest BCUT2D eigenvalue weighted by atomic mass is 32.1. The van der Waals surface area contributed by atoms with E-state index >= 15 is 0 Å². The van der Waals surface area contributed by atoms with Crippen molar-refractivity contribution in [1.82, 2.24) is 10.2 Å². The van der Waals surface area contributed by atoms with E-state index in [1.807, 2.05) is 6.92 Å². The molecule has 1 heterocycles. The Hall–Kier alpha value is -2.55. The summed E-state index contributed by atoms with van der Waals surface area (Å²) in [6, 6.07) is 4.38. The van der Waals surface area contributed by atoms with E-state index in [1.165, 1.54) is 12.1 Å². The molecule has 0 saturated heterocycles. The maximum absolute atomic E-state index is 12.0. The molecule has 0 bridgehead atoms. The minimum atomic E-state index is -0.464. The number of benzene rings is 1. The summed E-state index contributed by atoms with van der Waals surface area (Å²) in [5.41, 5.74) is 0.963. The third-order valence-corrected chi connectivity index (χ3v) is 3.48. The number of anilines is 2. The van der Waals surface area contributed by atoms with Crippen molar-refractivity contribution >= 4 is 33.8 Å². The zero-order valence-electron chi connectivity index (χ0n) is 11.4. The molecule has 1 aromatic heterocycles. The highest BCUT2D eigenvalue weighted by Crippen LogP contribution is 2.22. The first-order valence-corrected chi connectivity index (χ1v) is 6.96. The third kappa shape index (κ3) is 3.51. The Balaban J connectivity index is 2.11. The molecule has 21 heavy (non-hydrogen) atoms. The van der Waals surface area contributed by atoms with Gasteiger partial charge >= 0.3 is 0 Å². The predicted molar refractivity (Wildman–Crippen MR) is 79.9 cm³/mol. The smallest absolute Gasteiger partial charge is 0.286 e. The minimum absolute atomic E-state index is 0.0124. The number of nitro benzene ring substituents is 1. The van der Waals surface area contributed by atoms with E-state index in [1.54, 1.807) is 13.0 Å². The lowest BCUT2D eigenvalue weighted by molar-refractivity contribution is -0.385. The number of aromatic nitrogens is 2. The molecule has 0 saturated carbocycles. The first-order valence-electron chi connectivity index (χ1n) is 6.15. The van der Waals surface area contributed by atoms with Gasteiger partial charge in [-0.25, -0.2) is 0 Å². The molecule has 8 nitrogen and oxygen atoms in total. The lowest BCUT2D eigenvalue weighted by Crippen LogP contribution is -2.11. The highest BCUT2D eigenvalue weighted by molar-refractivity contribution is 7.17. The van der Waals surface area contributed by atoms with Gasteiger partial charge in [0.1, 0.15) is 0 Å². The largest absolute Gasteiger partial charge is 0.360 e. The van der Waals surface area contributed by atoms with E-state index < -0.39 is 10.8 Å². The van der Waals surface area contributed by atoms with Crippen molar-refractivity contribution < 1.29 is 9.72 Å². The lowest BCUT2D eigenvalue weighted by Gasteiger charge is -2.04. The molecule has 1 aromatic carbocycles. The predicted octanol–water partition coefficient (Wildman–Crippen LogP) is 2.44. The van der Waals surface area contributed by atoms with Crippen molar-refractivity contribution in [3.8, 4) is 0 Å². The first kappa shape index (κ1) is 14.9. The number of carbonyl (C=O) groups excluding carboxylic acids is 1. The van der Waals surface area contributed by atoms with Crippen LogP contribution in [0.15, 0.2) is 18.2 Å². The van der Waals surface area contributed by atoms with Crippen LogP contribution in [-0.4, -0.2) is 27.6 Å². The fourth-order valence-electron chi connectivity index (χ4n) is 1.66. The fourth-order valence-corrected chi connectivity index (χ4v) is 2.37. The minimum Gasteiger partial charge on any atom is -0.360 e. The van der Waals surface area contributed by atoms with Crippen molar-refractivity contribution in [2.24, 2.45) is 0 Å². The molecule has 1 amide bonds. The van der Waals surface area contributed by atoms with Gasteiger partial charge in [-0.3, -0.25) is 14.9 Å². The number of nitrogens with zero attached hydrogens (tertiary/aromatic N) is 3. The Kier molecular flexibility index (Phi) is 4.43. The molecule has 0 atom stereocenters. The summed E-state index contributed by atoms with van der Waals surface area (Å²) in [5, 5.41) is 24.8. The molecule has 2 aromatic rings. The summed E-state index contributed by atoms with van der Waals surface area (Å²) in [4.78, 5) is 22.3. The van der Waals surface area contributed by atoms with E-state index in [4.69, 9.17) is 0 Å². The highest BCUT2D eigenvalue weighted by Gasteiger charge is 2.15. The fraction of sp³-hybridized carbons (Fsp3) is 0.250. The molecule has 2 rings (SSSR count). The molecular weight excluding hydrogens is 294 g/mol. The summed E-state index contributed by atoms with van der Waals surface area (Å²) in [5.74, 6) is -0.398. The van der Waals surface area contributed by atoms with Crippen LogP contribution in [0.3, 0.4) is 0 Å². The summed E-state index contributed by atoms with van der Waals surface area (Å²) in [6.07, 6.45) is 0. The molecule has 0 aliphatic carbocycles. The van der Waals surface area contributed by atoms with Gasteiger partial charge < -0.3 is 10.6 Å². The van der Waals surface area contributed by atoms with Crippen LogP contribution in [-0.2, 0) is 0 Å². The first-order chi connectivity index (χ1) is 10.0. The molecule has 0 aliphatic heterocycles. The molecule has 0 spiro atoms. The third-order valence-electron chi connectivity index (χ3n) is 2.60. The van der Waals surface area contributed by atoms with E-state index in [0.717, 1.165) is 11.3 Å². The van der Waals surface area contributed by atoms with Gasteiger partial charge in [-0.05, 0) is 26.0 Å². The molecule has 0 aliphatic rings. The van der Waals surface area contributed by atoms with Gasteiger partial charge in [0.15, 0.2) is 0 Å². The average Bonchev–Trinajstić information content (AvgIpc) is 2.87. The van der Waals surface area contributed by atoms with Crippen LogP contribution in [0.1, 0.15) is 22.3 Å². The summed E-state index contributed by atoms with van der Waals surface area (Å²) >= 11 is 1.14. The van der Waals surface area contributed by atoms with E-state index in [2.05, 4.69) is 20.8 Å². The molecule has 0 radical (unpaired) electrons. The molecule has 9 heteroatoms. The molecule has 0 fully saturated rings. The molecule has 0 unspecified atom stereocenters. The Bertz CT molecular complexity index is 685. The summed E-state index contributed by atoms with van der Waals surface area (Å²) in [6.45, 7) is 4.22. The van der Waals surface area contributed by atoms with Crippen molar-refractivity contribution in [3.05, 3.63) is 38.9 Å². The van der Waals surface area contributed by atoms with Gasteiger partial charge in [0, 0.05) is 23.9 Å². The second-order valence-corrected chi connectivity index (χ2v) is 5.13. The van der Waals surface area contributed by atoms with Gasteiger partial charge in [0.25, 0.3) is 11.6 Å². The maximum atomic E-state index is 12.0. The van der Waals surface area contributed by atoms with Gasteiger partial charge in [-0.1, -0.05) is 11.3 Å². The van der Waals surface area contributed by atoms with Crippen LogP contribution in [0.5, 0.6) is 0 Å². The zero-order valence-corrected chi connectivity index (χ0v) is 12.2. The van der Waals surface area contributed by atoms with Crippen LogP contribution in [0.25, 0.3) is 0 Å². The number of amides is 1. The number of hydrogen-bond donors (Lipinski definition) is 2. The summed E-state index contributed by atoms with van der Waals surface area (Å²) in [7, 11) is 0. The normalized spacial score (nSPS) is 10.2. The Morgan fingerprint density at radius 2 is 2.19 bits per heavy atom. The van der Waals surface area contributed by atoms with Crippen LogP contribution in [0, 0.1) is 17.0 Å². The van der Waals surface area contributed by atoms with Crippen molar-refractivity contribution in [1.29, 1.82) is 0 Å². The zero-order chi connectivity index (χ0) is 15.4. The van der Waals surface area contributed by atoms with E-state index in [-0.39, 0.29) is 10.7 Å². The number of rotatable bonds is 5. The Labute approximate surface area is 124 Å². The Morgan fingerprint density at radius 1 is 1.43 bits per heavy atom. The average molecular weight is 307 g/mol. The number of carbonyl (C=O) groups is 1. The number of nitro groups is 1. The topological polar surface area (TPSA) is 110 Å². The second-order valence-electron chi connectivity index (χ2n) is 4.16. The van der Waals surface area contributed by atoms with E-state index in [0.29, 0.717) is 22.9 Å². The number of hydrogen-bond acceptors (Lipinski definition) is 7. The quantitative estimate of drug-likeness (QED) is 0.648. The van der Waals surface area contributed by atoms with Crippen LogP contribution < -0.4 is 10.6 Å². The van der Waals surface area contributed by atoms with Gasteiger partial charge in [-0.2, -0.15) is 0 Å².